The molecule has 6 heteroatoms. The third-order valence-electron chi connectivity index (χ3n) is 3.47. The molecule has 2 heterocycles. The number of nitrogens with one attached hydrogen (secondary N) is 1. The van der Waals surface area contributed by atoms with Crippen molar-refractivity contribution in [3.05, 3.63) is 41.0 Å². The van der Waals surface area contributed by atoms with Gasteiger partial charge in [0.15, 0.2) is 5.84 Å². The van der Waals surface area contributed by atoms with E-state index in [9.17, 15) is 4.79 Å². The lowest BCUT2D eigenvalue weighted by Gasteiger charge is -2.20. The summed E-state index contributed by atoms with van der Waals surface area (Å²) in [5, 5.41) is 15.6. The Bertz CT molecular complexity index is 759. The van der Waals surface area contributed by atoms with E-state index in [0.29, 0.717) is 11.1 Å². The van der Waals surface area contributed by atoms with Gasteiger partial charge in [0, 0.05) is 6.42 Å². The maximum Gasteiger partial charge on any atom is 0.283 e. The van der Waals surface area contributed by atoms with Gasteiger partial charge in [0.25, 0.3) is 5.91 Å². The molecule has 3 rings (SSSR count). The monoisotopic (exact) mass is 326 g/mol. The Morgan fingerprint density at radius 1 is 1.30 bits per heavy atom. The van der Waals surface area contributed by atoms with Crippen LogP contribution in [-0.4, -0.2) is 27.0 Å². The van der Waals surface area contributed by atoms with Crippen molar-refractivity contribution in [2.45, 2.75) is 27.2 Å². The summed E-state index contributed by atoms with van der Waals surface area (Å²) in [7, 11) is 0. The lowest BCUT2D eigenvalue weighted by Crippen LogP contribution is -2.35. The molecule has 1 aromatic carbocycles. The molecule has 118 valence electrons. The van der Waals surface area contributed by atoms with Gasteiger partial charge < -0.3 is 0 Å². The minimum absolute atomic E-state index is 0.0897. The number of aryl methyl sites for hydroxylation is 1. The number of rotatable bonds is 3. The zero-order chi connectivity index (χ0) is 16.6. The van der Waals surface area contributed by atoms with Crippen molar-refractivity contribution in [3.8, 4) is 0 Å². The van der Waals surface area contributed by atoms with E-state index in [-0.39, 0.29) is 17.3 Å². The second-order valence-corrected chi connectivity index (χ2v) is 7.06. The number of carbonyl (C=O) groups excluding carboxylic acids is 1. The highest BCUT2D eigenvalue weighted by atomic mass is 32.2. The van der Waals surface area contributed by atoms with Gasteiger partial charge in [-0.1, -0.05) is 43.7 Å². The first-order valence-electron chi connectivity index (χ1n) is 7.50. The van der Waals surface area contributed by atoms with Crippen LogP contribution in [0, 0.1) is 18.3 Å². The molecule has 0 fully saturated rings. The van der Waals surface area contributed by atoms with Crippen molar-refractivity contribution in [2.75, 3.05) is 0 Å². The number of amides is 1. The van der Waals surface area contributed by atoms with Crippen LogP contribution in [0.1, 0.15) is 31.4 Å². The van der Waals surface area contributed by atoms with Crippen LogP contribution < -0.4 is 0 Å². The molecule has 0 aromatic heterocycles. The van der Waals surface area contributed by atoms with Crippen molar-refractivity contribution in [2.24, 2.45) is 16.0 Å². The van der Waals surface area contributed by atoms with Gasteiger partial charge >= 0.3 is 0 Å². The van der Waals surface area contributed by atoms with E-state index < -0.39 is 0 Å². The first-order chi connectivity index (χ1) is 10.9. The molecule has 0 atom stereocenters. The number of aliphatic imine (C=N–C) groups is 1. The van der Waals surface area contributed by atoms with Crippen LogP contribution in [0.5, 0.6) is 0 Å². The lowest BCUT2D eigenvalue weighted by atomic mass is 10.1. The number of nitrogens with zero attached hydrogens (tertiary/aromatic N) is 3. The lowest BCUT2D eigenvalue weighted by molar-refractivity contribution is -0.114. The molecule has 0 saturated carbocycles. The maximum atomic E-state index is 12.3. The smallest absolute Gasteiger partial charge is 0.282 e. The van der Waals surface area contributed by atoms with Gasteiger partial charge in [-0.25, -0.2) is 0 Å². The zero-order valence-electron chi connectivity index (χ0n) is 13.3. The fourth-order valence-corrected chi connectivity index (χ4v) is 3.39. The molecule has 1 amide bonds. The van der Waals surface area contributed by atoms with Crippen LogP contribution in [0.3, 0.4) is 0 Å². The zero-order valence-corrected chi connectivity index (χ0v) is 14.1. The van der Waals surface area contributed by atoms with Gasteiger partial charge in [0.2, 0.25) is 5.17 Å². The van der Waals surface area contributed by atoms with E-state index in [1.54, 1.807) is 6.08 Å². The van der Waals surface area contributed by atoms with Crippen molar-refractivity contribution in [1.82, 2.24) is 5.01 Å². The van der Waals surface area contributed by atoms with Crippen LogP contribution in [0.25, 0.3) is 6.08 Å². The number of thioether (sulfide) groups is 1. The van der Waals surface area contributed by atoms with Gasteiger partial charge in [-0.2, -0.15) is 15.1 Å². The van der Waals surface area contributed by atoms with Crippen LogP contribution in [0.4, 0.5) is 0 Å². The van der Waals surface area contributed by atoms with Crippen molar-refractivity contribution >= 4 is 39.8 Å². The van der Waals surface area contributed by atoms with E-state index >= 15 is 0 Å². The molecule has 0 spiro atoms. The highest BCUT2D eigenvalue weighted by molar-refractivity contribution is 8.26. The summed E-state index contributed by atoms with van der Waals surface area (Å²) in [6.07, 6.45) is 2.52. The van der Waals surface area contributed by atoms with E-state index in [1.165, 1.54) is 16.8 Å². The highest BCUT2D eigenvalue weighted by Gasteiger charge is 2.35. The molecule has 2 aliphatic heterocycles. The van der Waals surface area contributed by atoms with Crippen molar-refractivity contribution in [3.63, 3.8) is 0 Å². The molecule has 0 unspecified atom stereocenters. The van der Waals surface area contributed by atoms with E-state index in [4.69, 9.17) is 5.41 Å². The van der Waals surface area contributed by atoms with E-state index in [1.807, 2.05) is 31.2 Å². The molecule has 2 aliphatic rings. The second-order valence-electron chi connectivity index (χ2n) is 6.02. The SMILES string of the molecule is Cc1ccc(/C=C2/C(=N)N3N=C(CC(C)C)SC3=NC2=O)cc1. The Hall–Kier alpha value is -2.21. The molecule has 0 aliphatic carbocycles. The number of benzene rings is 1. The summed E-state index contributed by atoms with van der Waals surface area (Å²) < 4.78 is 0. The Labute approximate surface area is 139 Å². The number of fused-ring (bicyclic) bond motifs is 1. The first kappa shape index (κ1) is 15.7. The molecular weight excluding hydrogens is 308 g/mol. The molecule has 1 aromatic rings. The molecule has 5 nitrogen and oxygen atoms in total. The number of amidine groups is 2. The molecule has 1 N–H and O–H groups in total. The summed E-state index contributed by atoms with van der Waals surface area (Å²) >= 11 is 1.38. The third kappa shape index (κ3) is 3.27. The summed E-state index contributed by atoms with van der Waals surface area (Å²) in [4.78, 5) is 16.4. The average molecular weight is 326 g/mol. The van der Waals surface area contributed by atoms with Crippen LogP contribution in [0.15, 0.2) is 39.9 Å². The van der Waals surface area contributed by atoms with Gasteiger partial charge in [0.05, 0.1) is 5.57 Å². The Morgan fingerprint density at radius 2 is 2.00 bits per heavy atom. The quantitative estimate of drug-likeness (QED) is 0.862. The minimum Gasteiger partial charge on any atom is -0.282 e. The average Bonchev–Trinajstić information content (AvgIpc) is 2.87. The third-order valence-corrected chi connectivity index (χ3v) is 4.40. The van der Waals surface area contributed by atoms with Gasteiger partial charge in [-0.05, 0) is 36.2 Å². The normalized spacial score (nSPS) is 19.3. The number of hydrazone groups is 1. The number of hydrogen-bond acceptors (Lipinski definition) is 4. The molecule has 0 saturated heterocycles. The molecule has 0 bridgehead atoms. The fraction of sp³-hybridized carbons (Fsp3) is 0.294. The van der Waals surface area contributed by atoms with Gasteiger partial charge in [-0.15, -0.1) is 0 Å². The Balaban J connectivity index is 1.91. The van der Waals surface area contributed by atoms with Crippen LogP contribution >= 0.6 is 11.8 Å². The van der Waals surface area contributed by atoms with Crippen LogP contribution in [-0.2, 0) is 4.79 Å². The number of carbonyl (C=O) groups is 1. The van der Waals surface area contributed by atoms with Crippen molar-refractivity contribution in [1.29, 1.82) is 5.41 Å². The minimum atomic E-state index is -0.379. The predicted octanol–water partition coefficient (Wildman–Crippen LogP) is 3.66. The molecule has 0 radical (unpaired) electrons. The van der Waals surface area contributed by atoms with Crippen molar-refractivity contribution < 1.29 is 4.79 Å². The highest BCUT2D eigenvalue weighted by Crippen LogP contribution is 2.30. The predicted molar refractivity (Wildman–Crippen MR) is 95.6 cm³/mol. The Kier molecular flexibility index (Phi) is 4.17. The van der Waals surface area contributed by atoms with Crippen LogP contribution in [0.2, 0.25) is 0 Å². The fourth-order valence-electron chi connectivity index (χ4n) is 2.29. The first-order valence-corrected chi connectivity index (χ1v) is 8.31. The topological polar surface area (TPSA) is 68.9 Å². The molecule has 23 heavy (non-hydrogen) atoms. The maximum absolute atomic E-state index is 12.3. The standard InChI is InChI=1S/C17H18N4OS/c1-10(2)8-14-20-21-15(18)13(16(22)19-17(21)23-14)9-12-6-4-11(3)5-7-12/h4-7,9-10,18H,8H2,1-3H3/b13-9-,18-15?. The molecular formula is C17H18N4OS. The summed E-state index contributed by atoms with van der Waals surface area (Å²) in [5.74, 6) is 0.179. The largest absolute Gasteiger partial charge is 0.283 e. The summed E-state index contributed by atoms with van der Waals surface area (Å²) in [6, 6.07) is 7.80. The second kappa shape index (κ2) is 6.12. The van der Waals surface area contributed by atoms with Gasteiger partial charge in [0.1, 0.15) is 5.04 Å². The Morgan fingerprint density at radius 3 is 2.65 bits per heavy atom. The summed E-state index contributed by atoms with van der Waals surface area (Å²) in [5.41, 5.74) is 2.30. The number of hydrogen-bond donors (Lipinski definition) is 1. The summed E-state index contributed by atoms with van der Waals surface area (Å²) in [6.45, 7) is 6.23. The van der Waals surface area contributed by atoms with E-state index in [2.05, 4.69) is 23.9 Å². The van der Waals surface area contributed by atoms with E-state index in [0.717, 1.165) is 22.6 Å². The van der Waals surface area contributed by atoms with Gasteiger partial charge in [-0.3, -0.25) is 10.2 Å².